The number of hydrogen-bond acceptors (Lipinski definition) is 2. The van der Waals surface area contributed by atoms with Crippen molar-refractivity contribution >= 4 is 21.6 Å². The first-order chi connectivity index (χ1) is 9.63. The number of aryl methyl sites for hydroxylation is 1. The maximum absolute atomic E-state index is 5.56. The average molecular weight is 332 g/mol. The van der Waals surface area contributed by atoms with E-state index in [4.69, 9.17) is 4.74 Å². The molecular weight excluding hydrogens is 314 g/mol. The van der Waals surface area contributed by atoms with Crippen molar-refractivity contribution in [3.05, 3.63) is 57.6 Å². The van der Waals surface area contributed by atoms with Crippen molar-refractivity contribution in [1.82, 2.24) is 0 Å². The molecule has 2 nitrogen and oxygen atoms in total. The molecule has 3 rings (SSSR count). The number of ether oxygens (including phenoxy) is 1. The molecule has 0 fully saturated rings. The number of benzene rings is 2. The minimum Gasteiger partial charge on any atom is -0.493 e. The molecule has 1 heterocycles. The van der Waals surface area contributed by atoms with Crippen LogP contribution in [0.25, 0.3) is 0 Å². The van der Waals surface area contributed by atoms with Crippen molar-refractivity contribution in [2.45, 2.75) is 26.3 Å². The van der Waals surface area contributed by atoms with Crippen LogP contribution >= 0.6 is 15.9 Å². The minimum atomic E-state index is 0.272. The van der Waals surface area contributed by atoms with E-state index in [2.05, 4.69) is 71.5 Å². The molecule has 0 bridgehead atoms. The van der Waals surface area contributed by atoms with E-state index in [-0.39, 0.29) is 6.04 Å². The zero-order valence-corrected chi connectivity index (χ0v) is 13.3. The largest absolute Gasteiger partial charge is 0.493 e. The Morgan fingerprint density at radius 3 is 2.90 bits per heavy atom. The van der Waals surface area contributed by atoms with Crippen LogP contribution < -0.4 is 10.1 Å². The van der Waals surface area contributed by atoms with Crippen molar-refractivity contribution < 1.29 is 4.74 Å². The van der Waals surface area contributed by atoms with E-state index in [1.165, 1.54) is 22.4 Å². The summed E-state index contributed by atoms with van der Waals surface area (Å²) in [5.74, 6) is 1.04. The number of nitrogens with one attached hydrogen (secondary N) is 1. The molecule has 1 N–H and O–H groups in total. The van der Waals surface area contributed by atoms with E-state index in [0.29, 0.717) is 0 Å². The van der Waals surface area contributed by atoms with Gasteiger partial charge in [-0.1, -0.05) is 28.1 Å². The zero-order valence-electron chi connectivity index (χ0n) is 11.7. The molecule has 1 aliphatic heterocycles. The van der Waals surface area contributed by atoms with Crippen LogP contribution in [0, 0.1) is 6.92 Å². The molecule has 0 aromatic heterocycles. The lowest BCUT2D eigenvalue weighted by atomic mass is 10.0. The minimum absolute atomic E-state index is 0.272. The van der Waals surface area contributed by atoms with Gasteiger partial charge in [0.25, 0.3) is 0 Å². The van der Waals surface area contributed by atoms with Gasteiger partial charge in [-0.2, -0.15) is 0 Å². The van der Waals surface area contributed by atoms with Crippen molar-refractivity contribution in [3.8, 4) is 5.75 Å². The summed E-state index contributed by atoms with van der Waals surface area (Å²) in [5.41, 5.74) is 5.05. The summed E-state index contributed by atoms with van der Waals surface area (Å²) in [6.07, 6.45) is 1.02. The third-order valence-electron chi connectivity index (χ3n) is 3.79. The smallest absolute Gasteiger partial charge is 0.122 e. The van der Waals surface area contributed by atoms with Gasteiger partial charge >= 0.3 is 0 Å². The summed E-state index contributed by atoms with van der Waals surface area (Å²) >= 11 is 3.53. The summed E-state index contributed by atoms with van der Waals surface area (Å²) < 4.78 is 6.66. The first-order valence-corrected chi connectivity index (χ1v) is 7.71. The van der Waals surface area contributed by atoms with Gasteiger partial charge in [-0.05, 0) is 54.8 Å². The molecule has 1 atom stereocenters. The highest BCUT2D eigenvalue weighted by Gasteiger charge is 2.14. The zero-order chi connectivity index (χ0) is 14.1. The van der Waals surface area contributed by atoms with E-state index >= 15 is 0 Å². The van der Waals surface area contributed by atoms with Crippen LogP contribution in [0.15, 0.2) is 40.9 Å². The van der Waals surface area contributed by atoms with E-state index < -0.39 is 0 Å². The first kappa shape index (κ1) is 13.5. The van der Waals surface area contributed by atoms with Gasteiger partial charge in [0, 0.05) is 22.6 Å². The fraction of sp³-hybridized carbons (Fsp3) is 0.294. The van der Waals surface area contributed by atoms with Gasteiger partial charge in [-0.15, -0.1) is 0 Å². The number of fused-ring (bicyclic) bond motifs is 1. The van der Waals surface area contributed by atoms with Gasteiger partial charge in [-0.25, -0.2) is 0 Å². The van der Waals surface area contributed by atoms with Gasteiger partial charge in [0.1, 0.15) is 5.75 Å². The summed E-state index contributed by atoms with van der Waals surface area (Å²) in [4.78, 5) is 0. The number of rotatable bonds is 3. The second-order valence-corrected chi connectivity index (χ2v) is 6.21. The van der Waals surface area contributed by atoms with Gasteiger partial charge in [0.15, 0.2) is 0 Å². The Labute approximate surface area is 128 Å². The van der Waals surface area contributed by atoms with Crippen LogP contribution in [-0.4, -0.2) is 6.61 Å². The van der Waals surface area contributed by atoms with E-state index in [0.717, 1.165) is 23.2 Å². The van der Waals surface area contributed by atoms with Crippen molar-refractivity contribution in [2.24, 2.45) is 0 Å². The fourth-order valence-electron chi connectivity index (χ4n) is 2.54. The summed E-state index contributed by atoms with van der Waals surface area (Å²) in [6, 6.07) is 13.1. The SMILES string of the molecule is Cc1ccc(Br)cc1NC(C)c1ccc2c(c1)CCO2. The quantitative estimate of drug-likeness (QED) is 0.866. The van der Waals surface area contributed by atoms with Crippen LogP contribution in [0.2, 0.25) is 0 Å². The van der Waals surface area contributed by atoms with Gasteiger partial charge in [-0.3, -0.25) is 0 Å². The van der Waals surface area contributed by atoms with Crippen LogP contribution in [0.3, 0.4) is 0 Å². The highest BCUT2D eigenvalue weighted by Crippen LogP contribution is 2.30. The molecule has 1 aliphatic rings. The number of hydrogen-bond donors (Lipinski definition) is 1. The topological polar surface area (TPSA) is 21.3 Å². The van der Waals surface area contributed by atoms with Gasteiger partial charge < -0.3 is 10.1 Å². The Morgan fingerprint density at radius 1 is 1.20 bits per heavy atom. The standard InChI is InChI=1S/C17H18BrNO/c1-11-3-5-15(18)10-16(11)19-12(2)13-4-6-17-14(9-13)7-8-20-17/h3-6,9-10,12,19H,7-8H2,1-2H3. The molecule has 0 saturated carbocycles. The molecule has 0 aliphatic carbocycles. The van der Waals surface area contributed by atoms with Crippen LogP contribution in [0.4, 0.5) is 5.69 Å². The predicted molar refractivity (Wildman–Crippen MR) is 86.6 cm³/mol. The summed E-state index contributed by atoms with van der Waals surface area (Å²) in [5, 5.41) is 3.59. The maximum atomic E-state index is 5.56. The highest BCUT2D eigenvalue weighted by molar-refractivity contribution is 9.10. The predicted octanol–water partition coefficient (Wildman–Crippen LogP) is 4.87. The lowest BCUT2D eigenvalue weighted by molar-refractivity contribution is 0.357. The summed E-state index contributed by atoms with van der Waals surface area (Å²) in [6.45, 7) is 5.13. The number of halogens is 1. The summed E-state index contributed by atoms with van der Waals surface area (Å²) in [7, 11) is 0. The molecule has 1 unspecified atom stereocenters. The first-order valence-electron chi connectivity index (χ1n) is 6.92. The second-order valence-electron chi connectivity index (χ2n) is 5.29. The normalized spacial score (nSPS) is 14.6. The molecule has 2 aromatic carbocycles. The molecular formula is C17H18BrNO. The molecule has 0 radical (unpaired) electrons. The Kier molecular flexibility index (Phi) is 3.70. The Hall–Kier alpha value is -1.48. The Balaban J connectivity index is 1.82. The highest BCUT2D eigenvalue weighted by atomic mass is 79.9. The molecule has 0 amide bonds. The third kappa shape index (κ3) is 2.68. The maximum Gasteiger partial charge on any atom is 0.122 e. The van der Waals surface area contributed by atoms with Crippen LogP contribution in [0.5, 0.6) is 5.75 Å². The number of anilines is 1. The average Bonchev–Trinajstić information content (AvgIpc) is 2.90. The van der Waals surface area contributed by atoms with E-state index in [1.54, 1.807) is 0 Å². The Morgan fingerprint density at radius 2 is 2.05 bits per heavy atom. The molecule has 20 heavy (non-hydrogen) atoms. The molecule has 3 heteroatoms. The third-order valence-corrected chi connectivity index (χ3v) is 4.28. The van der Waals surface area contributed by atoms with Gasteiger partial charge in [0.05, 0.1) is 6.61 Å². The van der Waals surface area contributed by atoms with Crippen LogP contribution in [-0.2, 0) is 6.42 Å². The van der Waals surface area contributed by atoms with E-state index in [9.17, 15) is 0 Å². The van der Waals surface area contributed by atoms with Gasteiger partial charge in [0.2, 0.25) is 0 Å². The van der Waals surface area contributed by atoms with Crippen molar-refractivity contribution in [3.63, 3.8) is 0 Å². The van der Waals surface area contributed by atoms with Crippen LogP contribution in [0.1, 0.15) is 29.7 Å². The molecule has 2 aromatic rings. The molecule has 0 spiro atoms. The lowest BCUT2D eigenvalue weighted by Crippen LogP contribution is -2.08. The molecule has 0 saturated heterocycles. The monoisotopic (exact) mass is 331 g/mol. The molecule has 104 valence electrons. The lowest BCUT2D eigenvalue weighted by Gasteiger charge is -2.18. The Bertz CT molecular complexity index is 639. The second kappa shape index (κ2) is 5.49. The van der Waals surface area contributed by atoms with Crippen molar-refractivity contribution in [2.75, 3.05) is 11.9 Å². The fourth-order valence-corrected chi connectivity index (χ4v) is 2.90. The van der Waals surface area contributed by atoms with Crippen molar-refractivity contribution in [1.29, 1.82) is 0 Å². The van der Waals surface area contributed by atoms with E-state index in [1.807, 2.05) is 0 Å².